The third kappa shape index (κ3) is 13.4. The lowest BCUT2D eigenvalue weighted by atomic mass is 9.99. The van der Waals surface area contributed by atoms with Gasteiger partial charge in [0.05, 0.1) is 26.1 Å². The first-order valence-electron chi connectivity index (χ1n) is 7.66. The van der Waals surface area contributed by atoms with Crippen LogP contribution in [0.25, 0.3) is 0 Å². The molecule has 0 amide bonds. The van der Waals surface area contributed by atoms with E-state index >= 15 is 0 Å². The third-order valence-corrected chi connectivity index (χ3v) is 2.71. The largest absolute Gasteiger partial charge is 0.466 e. The molecule has 0 aliphatic rings. The highest BCUT2D eigenvalue weighted by Gasteiger charge is 2.14. The maximum atomic E-state index is 11.4. The first-order valence-corrected chi connectivity index (χ1v) is 7.66. The molecular weight excluding hydrogens is 256 g/mol. The summed E-state index contributed by atoms with van der Waals surface area (Å²) in [7, 11) is 0. The van der Waals surface area contributed by atoms with Crippen molar-refractivity contribution in [3.05, 3.63) is 0 Å². The van der Waals surface area contributed by atoms with Gasteiger partial charge in [0.25, 0.3) is 0 Å². The van der Waals surface area contributed by atoms with Crippen LogP contribution in [0.1, 0.15) is 72.6 Å². The van der Waals surface area contributed by atoms with Crippen LogP contribution in [0.15, 0.2) is 0 Å². The maximum Gasteiger partial charge on any atom is 0.306 e. The fraction of sp³-hybridized carbons (Fsp3) is 0.875. The molecule has 0 heterocycles. The molecule has 0 saturated heterocycles. The zero-order valence-electron chi connectivity index (χ0n) is 13.5. The van der Waals surface area contributed by atoms with Crippen molar-refractivity contribution in [3.63, 3.8) is 0 Å². The highest BCUT2D eigenvalue weighted by Crippen LogP contribution is 2.13. The predicted octanol–water partition coefficient (Wildman–Crippen LogP) is 3.87. The smallest absolute Gasteiger partial charge is 0.306 e. The molecule has 0 aliphatic carbocycles. The summed E-state index contributed by atoms with van der Waals surface area (Å²) in [5.74, 6) is -0.645. The van der Waals surface area contributed by atoms with E-state index in [1.807, 2.05) is 20.8 Å². The number of rotatable bonds is 10. The molecule has 0 aromatic rings. The van der Waals surface area contributed by atoms with Gasteiger partial charge in [0.2, 0.25) is 0 Å². The lowest BCUT2D eigenvalue weighted by Gasteiger charge is -2.17. The van der Waals surface area contributed by atoms with E-state index in [-0.39, 0.29) is 30.2 Å². The van der Waals surface area contributed by atoms with E-state index in [1.54, 1.807) is 0 Å². The summed E-state index contributed by atoms with van der Waals surface area (Å²) >= 11 is 0. The van der Waals surface area contributed by atoms with E-state index in [0.717, 1.165) is 12.8 Å². The molecule has 4 heteroatoms. The molecule has 0 fully saturated rings. The number of ether oxygens (including phenoxy) is 2. The quantitative estimate of drug-likeness (QED) is 0.452. The van der Waals surface area contributed by atoms with Crippen molar-refractivity contribution in [3.8, 4) is 0 Å². The Kier molecular flexibility index (Phi) is 10.1. The van der Waals surface area contributed by atoms with Crippen LogP contribution in [-0.4, -0.2) is 25.2 Å². The number of carbonyl (C=O) groups excluding carboxylic acids is 2. The number of unbranched alkanes of at least 4 members (excludes halogenated alkanes) is 4. The first-order chi connectivity index (χ1) is 9.35. The summed E-state index contributed by atoms with van der Waals surface area (Å²) in [5.41, 5.74) is -0.0470. The Bertz CT molecular complexity index is 279. The molecule has 0 unspecified atom stereocenters. The van der Waals surface area contributed by atoms with E-state index < -0.39 is 0 Å². The van der Waals surface area contributed by atoms with Gasteiger partial charge < -0.3 is 9.47 Å². The molecule has 0 atom stereocenters. The molecule has 0 aliphatic heterocycles. The predicted molar refractivity (Wildman–Crippen MR) is 79.4 cm³/mol. The first kappa shape index (κ1) is 18.9. The van der Waals surface area contributed by atoms with Crippen molar-refractivity contribution >= 4 is 11.9 Å². The Labute approximate surface area is 123 Å². The summed E-state index contributed by atoms with van der Waals surface area (Å²) in [6.07, 6.45) is 5.83. The molecule has 4 nitrogen and oxygen atoms in total. The van der Waals surface area contributed by atoms with Gasteiger partial charge in [-0.25, -0.2) is 0 Å². The van der Waals surface area contributed by atoms with E-state index in [1.165, 1.54) is 19.3 Å². The molecule has 20 heavy (non-hydrogen) atoms. The van der Waals surface area contributed by atoms with Crippen LogP contribution in [0.3, 0.4) is 0 Å². The van der Waals surface area contributed by atoms with Crippen molar-refractivity contribution in [2.24, 2.45) is 5.41 Å². The van der Waals surface area contributed by atoms with Crippen molar-refractivity contribution in [2.45, 2.75) is 72.6 Å². The van der Waals surface area contributed by atoms with Crippen molar-refractivity contribution in [1.82, 2.24) is 0 Å². The highest BCUT2D eigenvalue weighted by molar-refractivity contribution is 5.77. The van der Waals surface area contributed by atoms with Crippen LogP contribution in [0.5, 0.6) is 0 Å². The normalized spacial score (nSPS) is 11.2. The molecular formula is C16H30O4. The number of hydrogen-bond acceptors (Lipinski definition) is 4. The summed E-state index contributed by atoms with van der Waals surface area (Å²) in [4.78, 5) is 22.8. The second-order valence-electron chi connectivity index (χ2n) is 6.36. The Morgan fingerprint density at radius 2 is 1.40 bits per heavy atom. The monoisotopic (exact) mass is 286 g/mol. The zero-order valence-corrected chi connectivity index (χ0v) is 13.5. The van der Waals surface area contributed by atoms with Gasteiger partial charge in [-0.15, -0.1) is 0 Å². The van der Waals surface area contributed by atoms with Crippen molar-refractivity contribution < 1.29 is 19.1 Å². The standard InChI is InChI=1S/C16H30O4/c1-5-6-7-8-9-12-19-14(17)10-11-15(18)20-13-16(2,3)4/h5-13H2,1-4H3. The Hall–Kier alpha value is -1.06. The van der Waals surface area contributed by atoms with Gasteiger partial charge in [0.1, 0.15) is 0 Å². The van der Waals surface area contributed by atoms with Gasteiger partial charge in [0.15, 0.2) is 0 Å². The van der Waals surface area contributed by atoms with Gasteiger partial charge in [-0.3, -0.25) is 9.59 Å². The van der Waals surface area contributed by atoms with Crippen molar-refractivity contribution in [2.75, 3.05) is 13.2 Å². The lowest BCUT2D eigenvalue weighted by Crippen LogP contribution is -2.19. The van der Waals surface area contributed by atoms with Crippen LogP contribution < -0.4 is 0 Å². The Morgan fingerprint density at radius 3 is 1.95 bits per heavy atom. The van der Waals surface area contributed by atoms with E-state index in [0.29, 0.717) is 13.2 Å². The maximum absolute atomic E-state index is 11.4. The fourth-order valence-corrected chi connectivity index (χ4v) is 1.54. The van der Waals surface area contributed by atoms with Crippen molar-refractivity contribution in [1.29, 1.82) is 0 Å². The molecule has 0 saturated carbocycles. The Morgan fingerprint density at radius 1 is 0.850 bits per heavy atom. The molecule has 0 spiro atoms. The summed E-state index contributed by atoms with van der Waals surface area (Å²) < 4.78 is 10.2. The van der Waals surface area contributed by atoms with Crippen LogP contribution in [0.4, 0.5) is 0 Å². The second-order valence-corrected chi connectivity index (χ2v) is 6.36. The highest BCUT2D eigenvalue weighted by atomic mass is 16.5. The average molecular weight is 286 g/mol. The zero-order chi connectivity index (χ0) is 15.4. The molecule has 0 radical (unpaired) electrons. The molecule has 0 aromatic heterocycles. The van der Waals surface area contributed by atoms with Crippen LogP contribution >= 0.6 is 0 Å². The van der Waals surface area contributed by atoms with Crippen LogP contribution in [0.2, 0.25) is 0 Å². The van der Waals surface area contributed by atoms with E-state index in [2.05, 4.69) is 6.92 Å². The number of esters is 2. The summed E-state index contributed by atoms with van der Waals surface area (Å²) in [6, 6.07) is 0. The topological polar surface area (TPSA) is 52.6 Å². The summed E-state index contributed by atoms with van der Waals surface area (Å²) in [5, 5.41) is 0. The summed E-state index contributed by atoms with van der Waals surface area (Å²) in [6.45, 7) is 8.98. The average Bonchev–Trinajstić information content (AvgIpc) is 2.37. The molecule has 0 N–H and O–H groups in total. The van der Waals surface area contributed by atoms with Crippen LogP contribution in [-0.2, 0) is 19.1 Å². The molecule has 0 bridgehead atoms. The fourth-order valence-electron chi connectivity index (χ4n) is 1.54. The van der Waals surface area contributed by atoms with Gasteiger partial charge in [-0.2, -0.15) is 0 Å². The van der Waals surface area contributed by atoms with Gasteiger partial charge >= 0.3 is 11.9 Å². The lowest BCUT2D eigenvalue weighted by molar-refractivity contribution is -0.151. The third-order valence-electron chi connectivity index (χ3n) is 2.71. The minimum absolute atomic E-state index is 0.0470. The number of hydrogen-bond donors (Lipinski definition) is 0. The minimum atomic E-state index is -0.333. The second kappa shape index (κ2) is 10.7. The van der Waals surface area contributed by atoms with E-state index in [9.17, 15) is 9.59 Å². The minimum Gasteiger partial charge on any atom is -0.466 e. The molecule has 0 rings (SSSR count). The molecule has 118 valence electrons. The van der Waals surface area contributed by atoms with Gasteiger partial charge in [0, 0.05) is 0 Å². The van der Waals surface area contributed by atoms with Gasteiger partial charge in [-0.1, -0.05) is 53.4 Å². The molecule has 0 aromatic carbocycles. The Balaban J connectivity index is 3.50. The SMILES string of the molecule is CCCCCCCOC(=O)CCC(=O)OCC(C)(C)C. The number of carbonyl (C=O) groups is 2. The van der Waals surface area contributed by atoms with Gasteiger partial charge in [-0.05, 0) is 11.8 Å². The van der Waals surface area contributed by atoms with E-state index in [4.69, 9.17) is 9.47 Å². The van der Waals surface area contributed by atoms with Crippen LogP contribution in [0, 0.1) is 5.41 Å².